The van der Waals surface area contributed by atoms with Crippen LogP contribution in [0.5, 0.6) is 5.75 Å². The number of nitrogens with zero attached hydrogens (tertiary/aromatic N) is 1. The van der Waals surface area contributed by atoms with Crippen molar-refractivity contribution in [2.24, 2.45) is 0 Å². The van der Waals surface area contributed by atoms with Crippen LogP contribution in [-0.4, -0.2) is 24.1 Å². The Hall–Kier alpha value is -3.27. The lowest BCUT2D eigenvalue weighted by molar-refractivity contribution is 0.0949. The number of para-hydroxylation sites is 3. The number of amides is 1. The first-order valence-corrected chi connectivity index (χ1v) is 9.58. The van der Waals surface area contributed by atoms with E-state index in [2.05, 4.69) is 58.4 Å². The monoisotopic (exact) mass is 372 g/mol. The number of hydrogen-bond donors (Lipinski definition) is 1. The van der Waals surface area contributed by atoms with Gasteiger partial charge in [-0.25, -0.2) is 0 Å². The van der Waals surface area contributed by atoms with Crippen LogP contribution in [0.1, 0.15) is 22.3 Å². The van der Waals surface area contributed by atoms with Crippen LogP contribution in [0.4, 0.5) is 0 Å². The summed E-state index contributed by atoms with van der Waals surface area (Å²) in [6.45, 7) is 3.40. The number of hydrogen-bond acceptors (Lipinski definition) is 2. The fourth-order valence-corrected chi connectivity index (χ4v) is 3.88. The largest absolute Gasteiger partial charge is 0.496 e. The van der Waals surface area contributed by atoms with Crippen LogP contribution in [0.15, 0.2) is 66.7 Å². The van der Waals surface area contributed by atoms with Gasteiger partial charge in [0.05, 0.1) is 12.7 Å². The van der Waals surface area contributed by atoms with Crippen LogP contribution in [-0.2, 0) is 6.54 Å². The van der Waals surface area contributed by atoms with Crippen LogP contribution in [0.3, 0.4) is 0 Å². The number of aryl methyl sites for hydroxylation is 2. The van der Waals surface area contributed by atoms with Crippen molar-refractivity contribution in [2.45, 2.75) is 19.9 Å². The van der Waals surface area contributed by atoms with E-state index in [0.29, 0.717) is 17.9 Å². The minimum absolute atomic E-state index is 0.0947. The van der Waals surface area contributed by atoms with Crippen molar-refractivity contribution in [2.75, 3.05) is 13.7 Å². The molecular weight excluding hydrogens is 348 g/mol. The highest BCUT2D eigenvalue weighted by molar-refractivity contribution is 6.07. The molecule has 0 saturated heterocycles. The summed E-state index contributed by atoms with van der Waals surface area (Å²) >= 11 is 0. The molecule has 142 valence electrons. The van der Waals surface area contributed by atoms with Gasteiger partial charge in [0.1, 0.15) is 5.75 Å². The quantitative estimate of drug-likeness (QED) is 0.488. The fourth-order valence-electron chi connectivity index (χ4n) is 3.88. The van der Waals surface area contributed by atoms with Crippen LogP contribution in [0, 0.1) is 6.92 Å². The maximum Gasteiger partial charge on any atom is 0.255 e. The molecule has 0 radical (unpaired) electrons. The lowest BCUT2D eigenvalue weighted by atomic mass is 10.1. The molecule has 1 heterocycles. The molecule has 4 heteroatoms. The Bertz CT molecular complexity index is 1090. The van der Waals surface area contributed by atoms with Gasteiger partial charge < -0.3 is 14.6 Å². The van der Waals surface area contributed by atoms with E-state index in [1.807, 2.05) is 19.1 Å². The lowest BCUT2D eigenvalue weighted by Crippen LogP contribution is -2.25. The fraction of sp³-hybridized carbons (Fsp3) is 0.208. The lowest BCUT2D eigenvalue weighted by Gasteiger charge is -2.12. The topological polar surface area (TPSA) is 43.3 Å². The third kappa shape index (κ3) is 3.22. The second kappa shape index (κ2) is 7.77. The average Bonchev–Trinajstić information content (AvgIpc) is 3.05. The zero-order valence-corrected chi connectivity index (χ0v) is 16.2. The Balaban J connectivity index is 1.48. The predicted octanol–water partition coefficient (Wildman–Crippen LogP) is 4.93. The number of carbonyl (C=O) groups excluding carboxylic acids is 1. The maximum atomic E-state index is 12.6. The van der Waals surface area contributed by atoms with Gasteiger partial charge in [-0.1, -0.05) is 48.5 Å². The molecule has 4 nitrogen and oxygen atoms in total. The Morgan fingerprint density at radius 2 is 1.57 bits per heavy atom. The van der Waals surface area contributed by atoms with E-state index >= 15 is 0 Å². The number of nitrogens with one attached hydrogen (secondary N) is 1. The molecule has 0 aliphatic heterocycles. The van der Waals surface area contributed by atoms with Crippen molar-refractivity contribution in [3.8, 4) is 5.75 Å². The van der Waals surface area contributed by atoms with E-state index in [1.165, 1.54) is 21.8 Å². The summed E-state index contributed by atoms with van der Waals surface area (Å²) in [7, 11) is 1.60. The zero-order valence-electron chi connectivity index (χ0n) is 16.2. The van der Waals surface area contributed by atoms with Crippen molar-refractivity contribution in [1.29, 1.82) is 0 Å². The molecule has 0 fully saturated rings. The van der Waals surface area contributed by atoms with Crippen LogP contribution in [0.25, 0.3) is 21.8 Å². The molecule has 1 aromatic heterocycles. The second-order valence-corrected chi connectivity index (χ2v) is 6.95. The van der Waals surface area contributed by atoms with Crippen molar-refractivity contribution < 1.29 is 9.53 Å². The van der Waals surface area contributed by atoms with Gasteiger partial charge in [-0.15, -0.1) is 0 Å². The minimum Gasteiger partial charge on any atom is -0.496 e. The molecule has 3 aromatic carbocycles. The first kappa shape index (κ1) is 18.1. The molecule has 0 bridgehead atoms. The predicted molar refractivity (Wildman–Crippen MR) is 114 cm³/mol. The van der Waals surface area contributed by atoms with Gasteiger partial charge in [-0.05, 0) is 37.1 Å². The van der Waals surface area contributed by atoms with Crippen molar-refractivity contribution in [3.05, 3.63) is 77.9 Å². The number of carbonyl (C=O) groups is 1. The van der Waals surface area contributed by atoms with Gasteiger partial charge in [-0.2, -0.15) is 0 Å². The van der Waals surface area contributed by atoms with Gasteiger partial charge in [0, 0.05) is 34.9 Å². The number of methoxy groups -OCH3 is 1. The van der Waals surface area contributed by atoms with Gasteiger partial charge in [0.15, 0.2) is 0 Å². The van der Waals surface area contributed by atoms with E-state index in [9.17, 15) is 4.79 Å². The molecule has 0 unspecified atom stereocenters. The summed E-state index contributed by atoms with van der Waals surface area (Å²) in [5.41, 5.74) is 4.01. The Morgan fingerprint density at radius 1 is 0.929 bits per heavy atom. The Morgan fingerprint density at radius 3 is 2.21 bits per heavy atom. The number of rotatable bonds is 6. The number of ether oxygens (including phenoxy) is 1. The third-order valence-corrected chi connectivity index (χ3v) is 5.18. The Kier molecular flexibility index (Phi) is 5.02. The molecule has 0 saturated carbocycles. The number of aromatic nitrogens is 1. The first-order valence-electron chi connectivity index (χ1n) is 9.58. The van der Waals surface area contributed by atoms with E-state index in [0.717, 1.165) is 18.5 Å². The molecule has 1 N–H and O–H groups in total. The highest BCUT2D eigenvalue weighted by atomic mass is 16.5. The van der Waals surface area contributed by atoms with Gasteiger partial charge in [0.2, 0.25) is 0 Å². The van der Waals surface area contributed by atoms with E-state index in [-0.39, 0.29) is 5.91 Å². The third-order valence-electron chi connectivity index (χ3n) is 5.18. The highest BCUT2D eigenvalue weighted by Gasteiger charge is 2.14. The standard InChI is InChI=1S/C24H24N2O2/c1-17-9-7-12-20(23(17)28-2)24(27)25-15-8-16-26-21-13-5-3-10-18(21)19-11-4-6-14-22(19)26/h3-7,9-14H,8,15-16H2,1-2H3,(H,25,27). The molecular formula is C24H24N2O2. The highest BCUT2D eigenvalue weighted by Crippen LogP contribution is 2.28. The first-order chi connectivity index (χ1) is 13.7. The molecule has 4 aromatic rings. The van der Waals surface area contributed by atoms with Crippen molar-refractivity contribution in [3.63, 3.8) is 0 Å². The minimum atomic E-state index is -0.0947. The molecule has 1 amide bonds. The average molecular weight is 372 g/mol. The van der Waals surface area contributed by atoms with E-state index in [1.54, 1.807) is 13.2 Å². The van der Waals surface area contributed by atoms with Crippen LogP contribution < -0.4 is 10.1 Å². The summed E-state index contributed by atoms with van der Waals surface area (Å²) in [6, 6.07) is 22.6. The molecule has 0 aliphatic carbocycles. The summed E-state index contributed by atoms with van der Waals surface area (Å²) in [6.07, 6.45) is 0.850. The second-order valence-electron chi connectivity index (χ2n) is 6.95. The van der Waals surface area contributed by atoms with Crippen molar-refractivity contribution >= 4 is 27.7 Å². The van der Waals surface area contributed by atoms with Gasteiger partial charge in [-0.3, -0.25) is 4.79 Å². The number of benzene rings is 3. The zero-order chi connectivity index (χ0) is 19.5. The SMILES string of the molecule is COc1c(C)cccc1C(=O)NCCCn1c2ccccc2c2ccccc21. The molecule has 4 rings (SSSR count). The summed E-state index contributed by atoms with van der Waals surface area (Å²) in [4.78, 5) is 12.6. The van der Waals surface area contributed by atoms with Crippen molar-refractivity contribution in [1.82, 2.24) is 9.88 Å². The molecule has 0 aliphatic rings. The normalized spacial score (nSPS) is 11.1. The van der Waals surface area contributed by atoms with Gasteiger partial charge >= 0.3 is 0 Å². The number of fused-ring (bicyclic) bond motifs is 3. The van der Waals surface area contributed by atoms with Crippen LogP contribution in [0.2, 0.25) is 0 Å². The molecule has 0 spiro atoms. The Labute approximate surface area is 164 Å². The summed E-state index contributed by atoms with van der Waals surface area (Å²) in [5, 5.41) is 5.57. The van der Waals surface area contributed by atoms with Crippen LogP contribution >= 0.6 is 0 Å². The summed E-state index contributed by atoms with van der Waals surface area (Å²) in [5.74, 6) is 0.546. The molecule has 28 heavy (non-hydrogen) atoms. The van der Waals surface area contributed by atoms with E-state index in [4.69, 9.17) is 4.74 Å². The smallest absolute Gasteiger partial charge is 0.255 e. The molecule has 0 atom stereocenters. The maximum absolute atomic E-state index is 12.6. The van der Waals surface area contributed by atoms with Gasteiger partial charge in [0.25, 0.3) is 5.91 Å². The van der Waals surface area contributed by atoms with E-state index < -0.39 is 0 Å². The summed E-state index contributed by atoms with van der Waals surface area (Å²) < 4.78 is 7.73.